The highest BCUT2D eigenvalue weighted by Gasteiger charge is 2.13. The fourth-order valence-electron chi connectivity index (χ4n) is 1.59. The van der Waals surface area contributed by atoms with E-state index in [4.69, 9.17) is 5.11 Å². The van der Waals surface area contributed by atoms with Gasteiger partial charge in [0.25, 0.3) is 0 Å². The summed E-state index contributed by atoms with van der Waals surface area (Å²) in [4.78, 5) is 10.8. The maximum Gasteiger partial charge on any atom is 0.331 e. The van der Waals surface area contributed by atoms with Gasteiger partial charge in [-0.25, -0.2) is 4.79 Å². The lowest BCUT2D eigenvalue weighted by molar-refractivity contribution is -0.132. The Bertz CT molecular complexity index is 229. The summed E-state index contributed by atoms with van der Waals surface area (Å²) in [5.41, 5.74) is 0.958. The summed E-state index contributed by atoms with van der Waals surface area (Å²) < 4.78 is 0. The molecule has 0 rings (SSSR count). The third kappa shape index (κ3) is 5.57. The lowest BCUT2D eigenvalue weighted by atomic mass is 9.98. The number of aliphatic hydroxyl groups is 1. The number of carboxylic acids is 1. The van der Waals surface area contributed by atoms with Gasteiger partial charge in [0.05, 0.1) is 6.10 Å². The monoisotopic (exact) mass is 214 g/mol. The largest absolute Gasteiger partial charge is 0.478 e. The molecule has 0 aliphatic rings. The van der Waals surface area contributed by atoms with Crippen LogP contribution in [0.5, 0.6) is 0 Å². The van der Waals surface area contributed by atoms with Gasteiger partial charge in [-0.2, -0.15) is 0 Å². The van der Waals surface area contributed by atoms with Crippen molar-refractivity contribution in [3.8, 4) is 0 Å². The van der Waals surface area contributed by atoms with Crippen molar-refractivity contribution in [1.82, 2.24) is 0 Å². The Balaban J connectivity index is 4.29. The minimum atomic E-state index is -0.929. The molecule has 88 valence electrons. The Hall–Kier alpha value is -0.830. The minimum Gasteiger partial charge on any atom is -0.478 e. The molecule has 3 heteroatoms. The second-order valence-corrected chi connectivity index (χ2v) is 3.94. The number of rotatable bonds is 7. The molecule has 0 aliphatic heterocycles. The van der Waals surface area contributed by atoms with Crippen molar-refractivity contribution >= 4 is 5.97 Å². The van der Waals surface area contributed by atoms with Crippen LogP contribution in [-0.2, 0) is 4.79 Å². The lowest BCUT2D eigenvalue weighted by Crippen LogP contribution is -2.11. The van der Waals surface area contributed by atoms with E-state index in [1.54, 1.807) is 13.8 Å². The van der Waals surface area contributed by atoms with Crippen molar-refractivity contribution in [1.29, 1.82) is 0 Å². The Morgan fingerprint density at radius 1 is 1.27 bits per heavy atom. The first-order valence-corrected chi connectivity index (χ1v) is 5.61. The minimum absolute atomic E-state index is 0.293. The molecule has 0 aromatic carbocycles. The molecule has 0 spiro atoms. The van der Waals surface area contributed by atoms with E-state index in [1.807, 2.05) is 0 Å². The van der Waals surface area contributed by atoms with Gasteiger partial charge < -0.3 is 10.2 Å². The van der Waals surface area contributed by atoms with Gasteiger partial charge in [0.15, 0.2) is 0 Å². The van der Waals surface area contributed by atoms with Crippen LogP contribution in [0.15, 0.2) is 11.1 Å². The van der Waals surface area contributed by atoms with Gasteiger partial charge in [-0.3, -0.25) is 0 Å². The predicted molar refractivity (Wildman–Crippen MR) is 60.8 cm³/mol. The zero-order valence-electron chi connectivity index (χ0n) is 9.92. The molecule has 0 aliphatic carbocycles. The first-order valence-electron chi connectivity index (χ1n) is 5.61. The normalized spacial score (nSPS) is 14.7. The summed E-state index contributed by atoms with van der Waals surface area (Å²) in [5.74, 6) is -0.929. The number of aliphatic hydroxyl groups excluding tert-OH is 1. The Morgan fingerprint density at radius 2 is 1.87 bits per heavy atom. The van der Waals surface area contributed by atoms with E-state index in [2.05, 4.69) is 6.92 Å². The molecule has 0 fully saturated rings. The van der Waals surface area contributed by atoms with Crippen LogP contribution in [0.25, 0.3) is 0 Å². The van der Waals surface area contributed by atoms with Gasteiger partial charge in [0.2, 0.25) is 0 Å². The van der Waals surface area contributed by atoms with Gasteiger partial charge in [-0.1, -0.05) is 26.2 Å². The number of hydrogen-bond acceptors (Lipinski definition) is 2. The maximum atomic E-state index is 10.8. The quantitative estimate of drug-likeness (QED) is 0.506. The van der Waals surface area contributed by atoms with Crippen molar-refractivity contribution in [3.63, 3.8) is 0 Å². The van der Waals surface area contributed by atoms with Crippen molar-refractivity contribution < 1.29 is 15.0 Å². The second kappa shape index (κ2) is 7.46. The van der Waals surface area contributed by atoms with Crippen LogP contribution in [0.4, 0.5) is 0 Å². The predicted octanol–water partition coefficient (Wildman–Crippen LogP) is 2.74. The summed E-state index contributed by atoms with van der Waals surface area (Å²) in [6, 6.07) is 0. The van der Waals surface area contributed by atoms with Crippen LogP contribution in [0.1, 0.15) is 52.9 Å². The van der Waals surface area contributed by atoms with Crippen LogP contribution >= 0.6 is 0 Å². The smallest absolute Gasteiger partial charge is 0.331 e. The molecular formula is C12H22O3. The van der Waals surface area contributed by atoms with Crippen LogP contribution in [0.2, 0.25) is 0 Å². The molecule has 0 aromatic heterocycles. The lowest BCUT2D eigenvalue weighted by Gasteiger charge is -2.12. The van der Waals surface area contributed by atoms with Crippen LogP contribution in [-0.4, -0.2) is 22.3 Å². The first kappa shape index (κ1) is 14.2. The van der Waals surface area contributed by atoms with E-state index in [0.717, 1.165) is 19.3 Å². The van der Waals surface area contributed by atoms with E-state index >= 15 is 0 Å². The standard InChI is InChI=1S/C12H22O3/c1-4-5-6-7-8-11(10(3)13)9(2)12(14)15/h10,13H,4-8H2,1-3H3,(H,14,15)/b11-9+. The molecule has 2 N–H and O–H groups in total. The first-order chi connectivity index (χ1) is 7.00. The molecule has 15 heavy (non-hydrogen) atoms. The van der Waals surface area contributed by atoms with Crippen LogP contribution in [0.3, 0.4) is 0 Å². The van der Waals surface area contributed by atoms with Crippen LogP contribution < -0.4 is 0 Å². The number of hydrogen-bond donors (Lipinski definition) is 2. The molecule has 0 heterocycles. The highest BCUT2D eigenvalue weighted by Crippen LogP contribution is 2.18. The van der Waals surface area contributed by atoms with E-state index in [1.165, 1.54) is 6.42 Å². The van der Waals surface area contributed by atoms with Crippen LogP contribution in [0, 0.1) is 0 Å². The fourth-order valence-corrected chi connectivity index (χ4v) is 1.59. The average Bonchev–Trinajstić information content (AvgIpc) is 2.16. The number of carboxylic acid groups (broad SMARTS) is 1. The Morgan fingerprint density at radius 3 is 2.27 bits per heavy atom. The van der Waals surface area contributed by atoms with Crippen molar-refractivity contribution in [2.24, 2.45) is 0 Å². The molecule has 0 aromatic rings. The van der Waals surface area contributed by atoms with E-state index in [9.17, 15) is 9.90 Å². The van der Waals surface area contributed by atoms with Gasteiger partial charge in [-0.15, -0.1) is 0 Å². The third-order valence-electron chi connectivity index (χ3n) is 2.61. The summed E-state index contributed by atoms with van der Waals surface area (Å²) >= 11 is 0. The SMILES string of the molecule is CCCCCC/C(=C(/C)C(=O)O)C(C)O. The average molecular weight is 214 g/mol. The zero-order valence-corrected chi connectivity index (χ0v) is 9.92. The molecule has 1 unspecified atom stereocenters. The number of unbranched alkanes of at least 4 members (excludes halogenated alkanes) is 3. The van der Waals surface area contributed by atoms with E-state index in [0.29, 0.717) is 17.6 Å². The van der Waals surface area contributed by atoms with Gasteiger partial charge in [0.1, 0.15) is 0 Å². The van der Waals surface area contributed by atoms with Crippen molar-refractivity contribution in [2.75, 3.05) is 0 Å². The van der Waals surface area contributed by atoms with Gasteiger partial charge in [-0.05, 0) is 32.3 Å². The van der Waals surface area contributed by atoms with Crippen molar-refractivity contribution in [3.05, 3.63) is 11.1 Å². The third-order valence-corrected chi connectivity index (χ3v) is 2.61. The fraction of sp³-hybridized carbons (Fsp3) is 0.750. The number of aliphatic carboxylic acids is 1. The maximum absolute atomic E-state index is 10.8. The molecule has 0 bridgehead atoms. The van der Waals surface area contributed by atoms with E-state index < -0.39 is 12.1 Å². The second-order valence-electron chi connectivity index (χ2n) is 3.94. The highest BCUT2D eigenvalue weighted by atomic mass is 16.4. The topological polar surface area (TPSA) is 57.5 Å². The Labute approximate surface area is 91.8 Å². The summed E-state index contributed by atoms with van der Waals surface area (Å²) in [7, 11) is 0. The highest BCUT2D eigenvalue weighted by molar-refractivity contribution is 5.86. The zero-order chi connectivity index (χ0) is 11.8. The van der Waals surface area contributed by atoms with Crippen molar-refractivity contribution in [2.45, 2.75) is 59.0 Å². The summed E-state index contributed by atoms with van der Waals surface area (Å²) in [6.45, 7) is 5.32. The van der Waals surface area contributed by atoms with E-state index in [-0.39, 0.29) is 0 Å². The summed E-state index contributed by atoms with van der Waals surface area (Å²) in [6.07, 6.45) is 4.42. The molecule has 0 saturated carbocycles. The molecular weight excluding hydrogens is 192 g/mol. The van der Waals surface area contributed by atoms with Gasteiger partial charge >= 0.3 is 5.97 Å². The molecule has 1 atom stereocenters. The molecule has 3 nitrogen and oxygen atoms in total. The molecule has 0 amide bonds. The number of carbonyl (C=O) groups is 1. The molecule has 0 radical (unpaired) electrons. The molecule has 0 saturated heterocycles. The Kier molecular flexibility index (Phi) is 7.05. The summed E-state index contributed by atoms with van der Waals surface area (Å²) in [5, 5.41) is 18.3. The van der Waals surface area contributed by atoms with Gasteiger partial charge in [0, 0.05) is 5.57 Å².